The van der Waals surface area contributed by atoms with Crippen molar-refractivity contribution in [3.05, 3.63) is 95.6 Å². The highest BCUT2D eigenvalue weighted by Crippen LogP contribution is 2.38. The number of carbonyl (C=O) groups excluding carboxylic acids is 1. The van der Waals surface area contributed by atoms with Crippen molar-refractivity contribution in [2.45, 2.75) is 6.54 Å². The summed E-state index contributed by atoms with van der Waals surface area (Å²) in [5.74, 6) is 0.250. The molecule has 0 atom stereocenters. The third-order valence-electron chi connectivity index (χ3n) is 4.58. The summed E-state index contributed by atoms with van der Waals surface area (Å²) in [5, 5.41) is 29.7. The highest BCUT2D eigenvalue weighted by molar-refractivity contribution is 9.11. The standard InChI is InChI=1S/C22H14Br2N4O5S/c23-15-8-14(20(29)18(24)10-15)9-19-21(30)27(12-17-2-1-7-33-17)22(34-19)26-25-11-13-3-5-16(6-4-13)28(31)32/h1-11,29H,12H2/b19-9-,25-11-,26-22+. The zero-order chi connectivity index (χ0) is 24.2. The van der Waals surface area contributed by atoms with Gasteiger partial charge >= 0.3 is 0 Å². The first kappa shape index (κ1) is 23.9. The van der Waals surface area contributed by atoms with Gasteiger partial charge in [0.1, 0.15) is 11.5 Å². The van der Waals surface area contributed by atoms with Gasteiger partial charge in [-0.25, -0.2) is 0 Å². The molecule has 1 aliphatic heterocycles. The number of thioether (sulfide) groups is 1. The number of carbonyl (C=O) groups is 1. The van der Waals surface area contributed by atoms with E-state index in [-0.39, 0.29) is 23.9 Å². The van der Waals surface area contributed by atoms with Gasteiger partial charge in [0.15, 0.2) is 5.17 Å². The molecule has 1 aromatic heterocycles. The number of hydrogen-bond acceptors (Lipinski definition) is 8. The number of amidine groups is 1. The third-order valence-corrected chi connectivity index (χ3v) is 6.64. The number of halogens is 2. The van der Waals surface area contributed by atoms with Crippen LogP contribution in [-0.2, 0) is 11.3 Å². The van der Waals surface area contributed by atoms with E-state index in [1.54, 1.807) is 42.5 Å². The van der Waals surface area contributed by atoms with Crippen LogP contribution >= 0.6 is 43.6 Å². The maximum atomic E-state index is 13.2. The summed E-state index contributed by atoms with van der Waals surface area (Å²) < 4.78 is 6.59. The lowest BCUT2D eigenvalue weighted by Gasteiger charge is -2.12. The normalized spacial score (nSPS) is 16.3. The first-order valence-electron chi connectivity index (χ1n) is 9.59. The van der Waals surface area contributed by atoms with Gasteiger partial charge in [0, 0.05) is 22.2 Å². The Bertz CT molecular complexity index is 1340. The molecule has 0 spiro atoms. The fraction of sp³-hybridized carbons (Fsp3) is 0.0455. The first-order valence-corrected chi connectivity index (χ1v) is 12.0. The average Bonchev–Trinajstić information content (AvgIpc) is 3.42. The van der Waals surface area contributed by atoms with Crippen LogP contribution in [0.15, 0.2) is 83.3 Å². The van der Waals surface area contributed by atoms with Crippen LogP contribution < -0.4 is 0 Å². The van der Waals surface area contributed by atoms with Crippen molar-refractivity contribution in [2.75, 3.05) is 0 Å². The molecule has 0 aliphatic carbocycles. The Morgan fingerprint density at radius 3 is 2.65 bits per heavy atom. The lowest BCUT2D eigenvalue weighted by atomic mass is 10.2. The van der Waals surface area contributed by atoms with Crippen molar-refractivity contribution in [3.63, 3.8) is 0 Å². The van der Waals surface area contributed by atoms with Gasteiger partial charge in [0.05, 0.1) is 33.3 Å². The Morgan fingerprint density at radius 1 is 1.21 bits per heavy atom. The second kappa shape index (κ2) is 10.4. The summed E-state index contributed by atoms with van der Waals surface area (Å²) in [6, 6.07) is 12.7. The minimum atomic E-state index is -0.482. The van der Waals surface area contributed by atoms with Gasteiger partial charge in [0.25, 0.3) is 11.6 Å². The molecule has 1 N–H and O–H groups in total. The molecule has 0 radical (unpaired) electrons. The van der Waals surface area contributed by atoms with E-state index in [1.165, 1.54) is 29.5 Å². The van der Waals surface area contributed by atoms with Gasteiger partial charge in [-0.3, -0.25) is 19.8 Å². The van der Waals surface area contributed by atoms with Gasteiger partial charge in [-0.1, -0.05) is 15.9 Å². The number of furan rings is 1. The summed E-state index contributed by atoms with van der Waals surface area (Å²) in [4.78, 5) is 25.2. The lowest BCUT2D eigenvalue weighted by molar-refractivity contribution is -0.384. The fourth-order valence-corrected chi connectivity index (χ4v) is 5.13. The number of nitrogens with zero attached hydrogens (tertiary/aromatic N) is 4. The summed E-state index contributed by atoms with van der Waals surface area (Å²) in [7, 11) is 0. The number of non-ortho nitro benzene ring substituents is 1. The third kappa shape index (κ3) is 5.46. The zero-order valence-corrected chi connectivity index (χ0v) is 21.1. The van der Waals surface area contributed by atoms with Gasteiger partial charge in [-0.05, 0) is 75.7 Å². The van der Waals surface area contributed by atoms with Crippen molar-refractivity contribution in [1.82, 2.24) is 4.90 Å². The second-order valence-electron chi connectivity index (χ2n) is 6.88. The van der Waals surface area contributed by atoms with Gasteiger partial charge in [0.2, 0.25) is 0 Å². The van der Waals surface area contributed by atoms with Gasteiger partial charge in [-0.15, -0.1) is 5.10 Å². The number of benzene rings is 2. The summed E-state index contributed by atoms with van der Waals surface area (Å²) in [6.45, 7) is 0.149. The fourth-order valence-electron chi connectivity index (χ4n) is 2.94. The van der Waals surface area contributed by atoms with Crippen molar-refractivity contribution < 1.29 is 19.2 Å². The molecular weight excluding hydrogens is 592 g/mol. The van der Waals surface area contributed by atoms with E-state index in [2.05, 4.69) is 42.1 Å². The molecule has 1 fully saturated rings. The molecule has 1 amide bonds. The molecule has 1 aliphatic rings. The van der Waals surface area contributed by atoms with E-state index in [0.29, 0.717) is 31.4 Å². The summed E-state index contributed by atoms with van der Waals surface area (Å²) >= 11 is 7.77. The smallest absolute Gasteiger partial charge is 0.269 e. The number of nitro groups is 1. The molecule has 12 heteroatoms. The summed E-state index contributed by atoms with van der Waals surface area (Å²) in [6.07, 6.45) is 4.53. The number of rotatable bonds is 6. The number of hydrogen-bond donors (Lipinski definition) is 1. The maximum Gasteiger partial charge on any atom is 0.269 e. The quantitative estimate of drug-likeness (QED) is 0.161. The number of phenolic OH excluding ortho intramolecular Hbond substituents is 1. The van der Waals surface area contributed by atoms with Crippen LogP contribution in [0.25, 0.3) is 6.08 Å². The van der Waals surface area contributed by atoms with Crippen molar-refractivity contribution in [1.29, 1.82) is 0 Å². The van der Waals surface area contributed by atoms with Gasteiger partial charge in [-0.2, -0.15) is 5.10 Å². The van der Waals surface area contributed by atoms with E-state index in [0.717, 1.165) is 16.2 Å². The van der Waals surface area contributed by atoms with E-state index in [9.17, 15) is 20.0 Å². The first-order chi connectivity index (χ1) is 16.3. The zero-order valence-electron chi connectivity index (χ0n) is 17.1. The average molecular weight is 606 g/mol. The number of phenols is 1. The van der Waals surface area contributed by atoms with Crippen molar-refractivity contribution >= 4 is 72.7 Å². The molecule has 0 unspecified atom stereocenters. The molecule has 2 aromatic carbocycles. The molecular formula is C22H14Br2N4O5S. The minimum absolute atomic E-state index is 0.00302. The van der Waals surface area contributed by atoms with E-state index in [4.69, 9.17) is 4.42 Å². The van der Waals surface area contributed by atoms with Crippen LogP contribution in [0.5, 0.6) is 5.75 Å². The van der Waals surface area contributed by atoms with E-state index >= 15 is 0 Å². The largest absolute Gasteiger partial charge is 0.506 e. The molecule has 172 valence electrons. The predicted molar refractivity (Wildman–Crippen MR) is 136 cm³/mol. The van der Waals surface area contributed by atoms with E-state index < -0.39 is 4.92 Å². The number of amides is 1. The van der Waals surface area contributed by atoms with Crippen molar-refractivity contribution in [3.8, 4) is 5.75 Å². The van der Waals surface area contributed by atoms with E-state index in [1.807, 2.05) is 0 Å². The SMILES string of the molecule is O=C1/C(=C/c2cc(Br)cc(Br)c2O)S/C(=N/N=C\c2ccc([N+](=O)[O-])cc2)N1Cc1ccco1. The maximum absolute atomic E-state index is 13.2. The van der Waals surface area contributed by atoms with Crippen LogP contribution in [0, 0.1) is 10.1 Å². The highest BCUT2D eigenvalue weighted by atomic mass is 79.9. The monoisotopic (exact) mass is 604 g/mol. The Morgan fingerprint density at radius 2 is 1.97 bits per heavy atom. The Labute approximate surface area is 214 Å². The molecule has 0 saturated carbocycles. The summed E-state index contributed by atoms with van der Waals surface area (Å²) in [5.41, 5.74) is 1.04. The number of aromatic hydroxyl groups is 1. The van der Waals surface area contributed by atoms with Crippen LogP contribution in [-0.4, -0.2) is 32.2 Å². The molecule has 1 saturated heterocycles. The Hall–Kier alpha value is -3.22. The Balaban J connectivity index is 1.64. The van der Waals surface area contributed by atoms with Gasteiger partial charge < -0.3 is 9.52 Å². The topological polar surface area (TPSA) is 122 Å². The molecule has 3 aromatic rings. The molecule has 2 heterocycles. The van der Waals surface area contributed by atoms with Crippen LogP contribution in [0.3, 0.4) is 0 Å². The van der Waals surface area contributed by atoms with Crippen molar-refractivity contribution in [2.24, 2.45) is 10.2 Å². The van der Waals surface area contributed by atoms with Crippen LogP contribution in [0.4, 0.5) is 5.69 Å². The number of nitro benzene ring substituents is 1. The molecule has 0 bridgehead atoms. The molecule has 9 nitrogen and oxygen atoms in total. The van der Waals surface area contributed by atoms with Crippen LogP contribution in [0.2, 0.25) is 0 Å². The Kier molecular flexibility index (Phi) is 7.29. The lowest BCUT2D eigenvalue weighted by Crippen LogP contribution is -2.28. The molecule has 34 heavy (non-hydrogen) atoms. The predicted octanol–water partition coefficient (Wildman–Crippen LogP) is 5.93. The molecule has 4 rings (SSSR count). The van der Waals surface area contributed by atoms with Crippen LogP contribution in [0.1, 0.15) is 16.9 Å². The second-order valence-corrected chi connectivity index (χ2v) is 9.66. The minimum Gasteiger partial charge on any atom is -0.506 e. The highest BCUT2D eigenvalue weighted by Gasteiger charge is 2.34.